The fourth-order valence-electron chi connectivity index (χ4n) is 4.54. The molecule has 1 aliphatic carbocycles. The summed E-state index contributed by atoms with van der Waals surface area (Å²) in [5, 5.41) is 7.87. The Labute approximate surface area is 160 Å². The largest absolute Gasteiger partial charge is 0.352 e. The molecule has 2 heterocycles. The number of carbonyl (C=O) groups is 1. The molecular formula is C21H29N5O. The van der Waals surface area contributed by atoms with Crippen LogP contribution in [0.25, 0.3) is 0 Å². The van der Waals surface area contributed by atoms with Crippen LogP contribution in [0.4, 0.5) is 0 Å². The summed E-state index contributed by atoms with van der Waals surface area (Å²) >= 11 is 0. The third-order valence-electron chi connectivity index (χ3n) is 6.15. The van der Waals surface area contributed by atoms with Gasteiger partial charge in [-0.1, -0.05) is 36.8 Å². The Morgan fingerprint density at radius 2 is 2.07 bits per heavy atom. The maximum Gasteiger partial charge on any atom is 0.225 e. The van der Waals surface area contributed by atoms with E-state index < -0.39 is 0 Å². The van der Waals surface area contributed by atoms with Gasteiger partial charge in [-0.25, -0.2) is 0 Å². The molecule has 2 fully saturated rings. The van der Waals surface area contributed by atoms with E-state index >= 15 is 0 Å². The van der Waals surface area contributed by atoms with Crippen molar-refractivity contribution in [2.24, 2.45) is 11.8 Å². The fraction of sp³-hybridized carbons (Fsp3) is 0.524. The molecule has 3 atom stereocenters. The van der Waals surface area contributed by atoms with Crippen molar-refractivity contribution in [2.45, 2.75) is 52.2 Å². The number of aryl methyl sites for hydroxylation is 1. The summed E-state index contributed by atoms with van der Waals surface area (Å²) in [4.78, 5) is 12.8. The second-order valence-electron chi connectivity index (χ2n) is 7.86. The highest BCUT2D eigenvalue weighted by atomic mass is 16.1. The highest BCUT2D eigenvalue weighted by Gasteiger charge is 2.40. The first-order valence-corrected chi connectivity index (χ1v) is 9.96. The van der Waals surface area contributed by atoms with E-state index in [0.29, 0.717) is 12.5 Å². The molecule has 2 aliphatic rings. The molecule has 1 amide bonds. The Bertz CT molecular complexity index is 800. The lowest BCUT2D eigenvalue weighted by atomic mass is 9.77. The molecular weight excluding hydrogens is 338 g/mol. The van der Waals surface area contributed by atoms with Crippen LogP contribution in [-0.4, -0.2) is 28.3 Å². The minimum absolute atomic E-state index is 0.0544. The van der Waals surface area contributed by atoms with Crippen LogP contribution in [-0.2, 0) is 17.9 Å². The average molecular weight is 367 g/mol. The van der Waals surface area contributed by atoms with Crippen molar-refractivity contribution >= 4 is 5.91 Å². The molecule has 0 spiro atoms. The molecule has 0 bridgehead atoms. The molecule has 3 unspecified atom stereocenters. The van der Waals surface area contributed by atoms with Crippen molar-refractivity contribution in [3.63, 3.8) is 0 Å². The van der Waals surface area contributed by atoms with Gasteiger partial charge in [0.2, 0.25) is 5.91 Å². The van der Waals surface area contributed by atoms with Crippen molar-refractivity contribution in [3.8, 4) is 0 Å². The summed E-state index contributed by atoms with van der Waals surface area (Å²) in [6, 6.07) is 10.6. The van der Waals surface area contributed by atoms with Gasteiger partial charge in [0.05, 0.1) is 18.2 Å². The van der Waals surface area contributed by atoms with Crippen LogP contribution >= 0.6 is 0 Å². The lowest BCUT2D eigenvalue weighted by Gasteiger charge is -2.31. The lowest BCUT2D eigenvalue weighted by Crippen LogP contribution is -2.47. The molecule has 144 valence electrons. The van der Waals surface area contributed by atoms with Crippen molar-refractivity contribution in [3.05, 3.63) is 52.8 Å². The highest BCUT2D eigenvalue weighted by Crippen LogP contribution is 2.31. The SMILES string of the molecule is Cc1nn(Cc2ccccc2)c(C)c1CNC(=O)C1CCCC2CNNC21. The van der Waals surface area contributed by atoms with Gasteiger partial charge in [0.25, 0.3) is 0 Å². The second-order valence-corrected chi connectivity index (χ2v) is 7.86. The van der Waals surface area contributed by atoms with E-state index in [1.807, 2.05) is 29.8 Å². The molecule has 4 rings (SSSR count). The monoisotopic (exact) mass is 367 g/mol. The maximum absolute atomic E-state index is 12.8. The van der Waals surface area contributed by atoms with Crippen LogP contribution in [0.5, 0.6) is 0 Å². The number of hydrazine groups is 1. The zero-order valence-electron chi connectivity index (χ0n) is 16.2. The van der Waals surface area contributed by atoms with E-state index in [9.17, 15) is 4.79 Å². The van der Waals surface area contributed by atoms with Crippen LogP contribution in [0, 0.1) is 25.7 Å². The Morgan fingerprint density at radius 3 is 2.89 bits per heavy atom. The highest BCUT2D eigenvalue weighted by molar-refractivity contribution is 5.79. The van der Waals surface area contributed by atoms with E-state index in [1.165, 1.54) is 12.0 Å². The number of hydrogen-bond acceptors (Lipinski definition) is 4. The van der Waals surface area contributed by atoms with Crippen LogP contribution in [0.3, 0.4) is 0 Å². The summed E-state index contributed by atoms with van der Waals surface area (Å²) < 4.78 is 2.03. The van der Waals surface area contributed by atoms with E-state index in [1.54, 1.807) is 0 Å². The first-order valence-electron chi connectivity index (χ1n) is 9.96. The molecule has 1 aromatic heterocycles. The third-order valence-corrected chi connectivity index (χ3v) is 6.15. The standard InChI is InChI=1S/C21H29N5O/c1-14-19(15(2)26(25-14)13-16-7-4-3-5-8-16)12-22-21(27)18-10-6-9-17-11-23-24-20(17)18/h3-5,7-8,17-18,20,23-24H,6,9-13H2,1-2H3,(H,22,27). The second kappa shape index (κ2) is 7.82. The molecule has 1 saturated heterocycles. The van der Waals surface area contributed by atoms with E-state index in [0.717, 1.165) is 42.9 Å². The predicted octanol–water partition coefficient (Wildman–Crippen LogP) is 2.06. The van der Waals surface area contributed by atoms with Crippen molar-refractivity contribution in [1.29, 1.82) is 0 Å². The molecule has 1 saturated carbocycles. The number of fused-ring (bicyclic) bond motifs is 1. The number of aromatic nitrogens is 2. The molecule has 27 heavy (non-hydrogen) atoms. The first-order chi connectivity index (χ1) is 13.1. The van der Waals surface area contributed by atoms with Crippen LogP contribution in [0.2, 0.25) is 0 Å². The van der Waals surface area contributed by atoms with E-state index in [2.05, 4.69) is 35.2 Å². The predicted molar refractivity (Wildman–Crippen MR) is 105 cm³/mol. The normalized spacial score (nSPS) is 24.6. The summed E-state index contributed by atoms with van der Waals surface area (Å²) in [5.41, 5.74) is 11.0. The van der Waals surface area contributed by atoms with Gasteiger partial charge in [-0.05, 0) is 38.2 Å². The van der Waals surface area contributed by atoms with Crippen LogP contribution in [0.1, 0.15) is 41.8 Å². The number of amides is 1. The molecule has 6 nitrogen and oxygen atoms in total. The van der Waals surface area contributed by atoms with Crippen molar-refractivity contribution < 1.29 is 4.79 Å². The number of benzene rings is 1. The first kappa shape index (κ1) is 18.2. The molecule has 3 N–H and O–H groups in total. The fourth-order valence-corrected chi connectivity index (χ4v) is 4.54. The van der Waals surface area contributed by atoms with Crippen LogP contribution < -0.4 is 16.2 Å². The van der Waals surface area contributed by atoms with Crippen molar-refractivity contribution in [1.82, 2.24) is 25.9 Å². The smallest absolute Gasteiger partial charge is 0.225 e. The van der Waals surface area contributed by atoms with E-state index in [-0.39, 0.29) is 17.9 Å². The Kier molecular flexibility index (Phi) is 5.27. The zero-order chi connectivity index (χ0) is 18.8. The number of nitrogens with zero attached hydrogens (tertiary/aromatic N) is 2. The average Bonchev–Trinajstić information content (AvgIpc) is 3.26. The third kappa shape index (κ3) is 3.77. The molecule has 1 aliphatic heterocycles. The zero-order valence-corrected chi connectivity index (χ0v) is 16.2. The van der Waals surface area contributed by atoms with Gasteiger partial charge >= 0.3 is 0 Å². The molecule has 6 heteroatoms. The number of hydrogen-bond donors (Lipinski definition) is 3. The van der Waals surface area contributed by atoms with E-state index in [4.69, 9.17) is 5.10 Å². The van der Waals surface area contributed by atoms with Gasteiger partial charge in [0.15, 0.2) is 0 Å². The summed E-state index contributed by atoms with van der Waals surface area (Å²) in [5.74, 6) is 0.792. The van der Waals surface area contributed by atoms with Gasteiger partial charge in [-0.15, -0.1) is 0 Å². The van der Waals surface area contributed by atoms with Crippen LogP contribution in [0.15, 0.2) is 30.3 Å². The minimum Gasteiger partial charge on any atom is -0.352 e. The molecule has 0 radical (unpaired) electrons. The minimum atomic E-state index is 0.0544. The Morgan fingerprint density at radius 1 is 1.26 bits per heavy atom. The summed E-state index contributed by atoms with van der Waals surface area (Å²) in [7, 11) is 0. The van der Waals surface area contributed by atoms with Gasteiger partial charge in [-0.3, -0.25) is 20.3 Å². The number of carbonyl (C=O) groups excluding carboxylic acids is 1. The topological polar surface area (TPSA) is 71.0 Å². The Balaban J connectivity index is 1.41. The Hall–Kier alpha value is -2.18. The van der Waals surface area contributed by atoms with Crippen molar-refractivity contribution in [2.75, 3.05) is 6.54 Å². The quantitative estimate of drug-likeness (QED) is 0.756. The van der Waals surface area contributed by atoms with Gasteiger partial charge in [-0.2, -0.15) is 5.10 Å². The van der Waals surface area contributed by atoms with Gasteiger partial charge in [0, 0.05) is 30.4 Å². The van der Waals surface area contributed by atoms with Gasteiger partial charge < -0.3 is 5.32 Å². The lowest BCUT2D eigenvalue weighted by molar-refractivity contribution is -0.127. The number of nitrogens with one attached hydrogen (secondary N) is 3. The summed E-state index contributed by atoms with van der Waals surface area (Å²) in [6.07, 6.45) is 3.31. The number of rotatable bonds is 5. The summed E-state index contributed by atoms with van der Waals surface area (Å²) in [6.45, 7) is 6.38. The molecule has 1 aromatic carbocycles. The maximum atomic E-state index is 12.8. The van der Waals surface area contributed by atoms with Gasteiger partial charge in [0.1, 0.15) is 0 Å². The molecule has 2 aromatic rings.